The largest absolute Gasteiger partial charge is 0.394 e. The molecule has 6 heteroatoms. The zero-order valence-corrected chi connectivity index (χ0v) is 11.8. The predicted octanol–water partition coefficient (Wildman–Crippen LogP) is 1.86. The molecule has 1 amide bonds. The van der Waals surface area contributed by atoms with Crippen LogP contribution in [-0.4, -0.2) is 47.9 Å². The SMILES string of the molecule is Nc1c(F)cc(C(=O)N2CCC(N3CCCC3)C2)cc1F. The van der Waals surface area contributed by atoms with E-state index >= 15 is 0 Å². The van der Waals surface area contributed by atoms with Crippen LogP contribution >= 0.6 is 0 Å². The van der Waals surface area contributed by atoms with Gasteiger partial charge in [-0.2, -0.15) is 0 Å². The first-order valence-electron chi connectivity index (χ1n) is 7.34. The van der Waals surface area contributed by atoms with Crippen molar-refractivity contribution in [3.63, 3.8) is 0 Å². The van der Waals surface area contributed by atoms with Crippen LogP contribution in [0.1, 0.15) is 29.6 Å². The molecule has 4 nitrogen and oxygen atoms in total. The molecular weight excluding hydrogens is 276 g/mol. The van der Waals surface area contributed by atoms with Crippen molar-refractivity contribution >= 4 is 11.6 Å². The molecule has 21 heavy (non-hydrogen) atoms. The predicted molar refractivity (Wildman–Crippen MR) is 75.9 cm³/mol. The summed E-state index contributed by atoms with van der Waals surface area (Å²) in [6, 6.07) is 2.41. The number of nitrogens with two attached hydrogens (primary N) is 1. The number of amides is 1. The van der Waals surface area contributed by atoms with E-state index in [9.17, 15) is 13.6 Å². The van der Waals surface area contributed by atoms with Crippen LogP contribution in [0.2, 0.25) is 0 Å². The lowest BCUT2D eigenvalue weighted by atomic mass is 10.1. The summed E-state index contributed by atoms with van der Waals surface area (Å²) < 4.78 is 26.9. The summed E-state index contributed by atoms with van der Waals surface area (Å²) in [5, 5.41) is 0. The van der Waals surface area contributed by atoms with Crippen LogP contribution in [-0.2, 0) is 0 Å². The second kappa shape index (κ2) is 5.60. The highest BCUT2D eigenvalue weighted by Gasteiger charge is 2.32. The monoisotopic (exact) mass is 295 g/mol. The van der Waals surface area contributed by atoms with Gasteiger partial charge in [-0.15, -0.1) is 0 Å². The first kappa shape index (κ1) is 14.3. The maximum absolute atomic E-state index is 13.5. The van der Waals surface area contributed by atoms with E-state index in [0.29, 0.717) is 19.1 Å². The average molecular weight is 295 g/mol. The zero-order valence-electron chi connectivity index (χ0n) is 11.8. The van der Waals surface area contributed by atoms with Crippen molar-refractivity contribution in [2.75, 3.05) is 31.9 Å². The van der Waals surface area contributed by atoms with Crippen LogP contribution in [0.4, 0.5) is 14.5 Å². The van der Waals surface area contributed by atoms with Crippen molar-refractivity contribution in [3.05, 3.63) is 29.3 Å². The highest BCUT2D eigenvalue weighted by atomic mass is 19.1. The van der Waals surface area contributed by atoms with Crippen molar-refractivity contribution in [3.8, 4) is 0 Å². The number of benzene rings is 1. The third-order valence-electron chi connectivity index (χ3n) is 4.43. The molecule has 1 unspecified atom stereocenters. The Balaban J connectivity index is 1.71. The van der Waals surface area contributed by atoms with E-state index < -0.39 is 17.3 Å². The van der Waals surface area contributed by atoms with Crippen LogP contribution in [0.5, 0.6) is 0 Å². The highest BCUT2D eigenvalue weighted by Crippen LogP contribution is 2.23. The van der Waals surface area contributed by atoms with Crippen molar-refractivity contribution in [1.82, 2.24) is 9.80 Å². The number of carbonyl (C=O) groups excluding carboxylic acids is 1. The van der Waals surface area contributed by atoms with Crippen molar-refractivity contribution < 1.29 is 13.6 Å². The number of nitrogen functional groups attached to an aromatic ring is 1. The molecule has 3 rings (SSSR count). The summed E-state index contributed by atoms with van der Waals surface area (Å²) in [5.74, 6) is -2.09. The molecule has 0 aromatic heterocycles. The molecule has 114 valence electrons. The second-order valence-electron chi connectivity index (χ2n) is 5.79. The maximum atomic E-state index is 13.5. The number of carbonyl (C=O) groups is 1. The molecule has 2 heterocycles. The van der Waals surface area contributed by atoms with E-state index in [-0.39, 0.29) is 11.5 Å². The molecule has 0 spiro atoms. The molecular formula is C15H19F2N3O. The van der Waals surface area contributed by atoms with E-state index in [2.05, 4.69) is 4.90 Å². The standard InChI is InChI=1S/C15H19F2N3O/c16-12-7-10(8-13(17)14(12)18)15(21)20-6-3-11(9-20)19-4-1-2-5-19/h7-8,11H,1-6,9,18H2. The van der Waals surface area contributed by atoms with Gasteiger partial charge >= 0.3 is 0 Å². The second-order valence-corrected chi connectivity index (χ2v) is 5.79. The van der Waals surface area contributed by atoms with Gasteiger partial charge in [-0.05, 0) is 44.5 Å². The molecule has 1 aromatic carbocycles. The number of anilines is 1. The Kier molecular flexibility index (Phi) is 3.80. The maximum Gasteiger partial charge on any atom is 0.254 e. The summed E-state index contributed by atoms with van der Waals surface area (Å²) in [5.41, 5.74) is 4.72. The molecule has 2 N–H and O–H groups in total. The molecule has 2 fully saturated rings. The fraction of sp³-hybridized carbons (Fsp3) is 0.533. The van der Waals surface area contributed by atoms with E-state index in [1.165, 1.54) is 12.8 Å². The highest BCUT2D eigenvalue weighted by molar-refractivity contribution is 5.94. The van der Waals surface area contributed by atoms with E-state index in [0.717, 1.165) is 31.6 Å². The van der Waals surface area contributed by atoms with Crippen LogP contribution in [0.3, 0.4) is 0 Å². The number of hydrogen-bond donors (Lipinski definition) is 1. The molecule has 2 saturated heterocycles. The molecule has 2 aliphatic rings. The first-order valence-corrected chi connectivity index (χ1v) is 7.34. The lowest BCUT2D eigenvalue weighted by molar-refractivity contribution is 0.0779. The number of likely N-dealkylation sites (tertiary alicyclic amines) is 2. The summed E-state index contributed by atoms with van der Waals surface area (Å²) in [4.78, 5) is 16.4. The van der Waals surface area contributed by atoms with Gasteiger partial charge in [-0.1, -0.05) is 0 Å². The summed E-state index contributed by atoms with van der Waals surface area (Å²) >= 11 is 0. The third-order valence-corrected chi connectivity index (χ3v) is 4.43. The Bertz CT molecular complexity index is 535. The van der Waals surface area contributed by atoms with Crippen molar-refractivity contribution in [2.24, 2.45) is 0 Å². The lowest BCUT2D eigenvalue weighted by Crippen LogP contribution is -2.37. The lowest BCUT2D eigenvalue weighted by Gasteiger charge is -2.23. The smallest absolute Gasteiger partial charge is 0.254 e. The number of hydrogen-bond acceptors (Lipinski definition) is 3. The zero-order chi connectivity index (χ0) is 15.0. The summed E-state index contributed by atoms with van der Waals surface area (Å²) in [6.45, 7) is 3.43. The van der Waals surface area contributed by atoms with Gasteiger partial charge in [-0.3, -0.25) is 9.69 Å². The van der Waals surface area contributed by atoms with Gasteiger partial charge in [0.1, 0.15) is 17.3 Å². The van der Waals surface area contributed by atoms with Crippen LogP contribution in [0, 0.1) is 11.6 Å². The van der Waals surface area contributed by atoms with Gasteiger partial charge in [0.15, 0.2) is 0 Å². The minimum absolute atomic E-state index is 0.0290. The number of halogens is 2. The molecule has 1 atom stereocenters. The minimum atomic E-state index is -0.881. The fourth-order valence-electron chi connectivity index (χ4n) is 3.22. The van der Waals surface area contributed by atoms with Gasteiger partial charge in [0.25, 0.3) is 5.91 Å². The van der Waals surface area contributed by atoms with Gasteiger partial charge in [-0.25, -0.2) is 8.78 Å². The number of nitrogens with zero attached hydrogens (tertiary/aromatic N) is 2. The third kappa shape index (κ3) is 2.72. The van der Waals surface area contributed by atoms with Crippen molar-refractivity contribution in [2.45, 2.75) is 25.3 Å². The Morgan fingerprint density at radius 3 is 2.38 bits per heavy atom. The van der Waals surface area contributed by atoms with Crippen LogP contribution in [0.25, 0.3) is 0 Å². The Morgan fingerprint density at radius 2 is 1.76 bits per heavy atom. The molecule has 0 saturated carbocycles. The number of rotatable bonds is 2. The average Bonchev–Trinajstić information content (AvgIpc) is 3.13. The summed E-state index contributed by atoms with van der Waals surface area (Å²) in [6.07, 6.45) is 3.34. The van der Waals surface area contributed by atoms with Gasteiger partial charge < -0.3 is 10.6 Å². The fourth-order valence-corrected chi connectivity index (χ4v) is 3.22. The normalized spacial score (nSPS) is 23.0. The quantitative estimate of drug-likeness (QED) is 0.847. The van der Waals surface area contributed by atoms with Crippen LogP contribution < -0.4 is 5.73 Å². The topological polar surface area (TPSA) is 49.6 Å². The van der Waals surface area contributed by atoms with E-state index in [4.69, 9.17) is 5.73 Å². The Morgan fingerprint density at radius 1 is 1.14 bits per heavy atom. The molecule has 0 aliphatic carbocycles. The molecule has 1 aromatic rings. The van der Waals surface area contributed by atoms with Gasteiger partial charge in [0.05, 0.1) is 0 Å². The van der Waals surface area contributed by atoms with E-state index in [1.807, 2.05) is 0 Å². The minimum Gasteiger partial charge on any atom is -0.394 e. The summed E-state index contributed by atoms with van der Waals surface area (Å²) in [7, 11) is 0. The van der Waals surface area contributed by atoms with Gasteiger partial charge in [0.2, 0.25) is 0 Å². The molecule has 0 radical (unpaired) electrons. The van der Waals surface area contributed by atoms with Crippen LogP contribution in [0.15, 0.2) is 12.1 Å². The van der Waals surface area contributed by atoms with Crippen molar-refractivity contribution in [1.29, 1.82) is 0 Å². The molecule has 0 bridgehead atoms. The molecule has 2 aliphatic heterocycles. The first-order chi connectivity index (χ1) is 10.1. The Labute approximate surface area is 122 Å². The Hall–Kier alpha value is -1.69. The van der Waals surface area contributed by atoms with E-state index in [1.54, 1.807) is 4.90 Å². The van der Waals surface area contributed by atoms with Gasteiger partial charge in [0, 0.05) is 24.7 Å².